The SMILES string of the molecule is O=C1c2c(OCc3ccccc3)c(=O)nc(C(C3CCCC3)n3ccc4cccnc43)n2CCN1C1COC1. The number of amides is 1. The van der Waals surface area contributed by atoms with Crippen LogP contribution in [0.4, 0.5) is 0 Å². The molecule has 3 aromatic heterocycles. The second-order valence-electron chi connectivity index (χ2n) is 10.7. The smallest absolute Gasteiger partial charge is 0.316 e. The molecule has 1 aromatic carbocycles. The topological polar surface area (TPSA) is 91.5 Å². The van der Waals surface area contributed by atoms with Crippen molar-refractivity contribution in [3.63, 3.8) is 0 Å². The van der Waals surface area contributed by atoms with Gasteiger partial charge in [0, 0.05) is 30.9 Å². The molecule has 39 heavy (non-hydrogen) atoms. The number of hydrogen-bond donors (Lipinski definition) is 0. The van der Waals surface area contributed by atoms with Gasteiger partial charge in [0.1, 0.15) is 18.1 Å². The van der Waals surface area contributed by atoms with Crippen molar-refractivity contribution in [2.45, 2.75) is 50.9 Å². The number of rotatable bonds is 7. The van der Waals surface area contributed by atoms with Crippen molar-refractivity contribution in [3.8, 4) is 5.75 Å². The van der Waals surface area contributed by atoms with Gasteiger partial charge in [0.15, 0.2) is 5.69 Å². The third kappa shape index (κ3) is 4.21. The number of carbonyl (C=O) groups excluding carboxylic acids is 1. The van der Waals surface area contributed by atoms with Crippen LogP contribution in [0.5, 0.6) is 5.75 Å². The summed E-state index contributed by atoms with van der Waals surface area (Å²) < 4.78 is 15.6. The highest BCUT2D eigenvalue weighted by atomic mass is 16.5. The first kappa shape index (κ1) is 24.1. The van der Waals surface area contributed by atoms with Gasteiger partial charge in [-0.3, -0.25) is 9.59 Å². The fourth-order valence-corrected chi connectivity index (χ4v) is 6.32. The lowest BCUT2D eigenvalue weighted by Crippen LogP contribution is -2.56. The molecule has 1 amide bonds. The summed E-state index contributed by atoms with van der Waals surface area (Å²) in [6.07, 6.45) is 8.18. The first-order chi connectivity index (χ1) is 19.2. The maximum Gasteiger partial charge on any atom is 0.316 e. The van der Waals surface area contributed by atoms with Gasteiger partial charge in [-0.25, -0.2) is 4.98 Å². The van der Waals surface area contributed by atoms with Gasteiger partial charge in [0.05, 0.1) is 25.3 Å². The average molecular weight is 526 g/mol. The lowest BCUT2D eigenvalue weighted by molar-refractivity contribution is -0.0576. The van der Waals surface area contributed by atoms with Crippen molar-refractivity contribution < 1.29 is 14.3 Å². The number of ether oxygens (including phenoxy) is 2. The Balaban J connectivity index is 1.38. The molecule has 1 saturated carbocycles. The van der Waals surface area contributed by atoms with Crippen LogP contribution < -0.4 is 10.3 Å². The summed E-state index contributed by atoms with van der Waals surface area (Å²) in [6.45, 7) is 2.29. The normalized spacial score (nSPS) is 18.8. The Morgan fingerprint density at radius 3 is 2.59 bits per heavy atom. The molecule has 4 aromatic rings. The Hall–Kier alpha value is -3.98. The van der Waals surface area contributed by atoms with Crippen molar-refractivity contribution in [3.05, 3.63) is 88.4 Å². The standard InChI is InChI=1S/C30H31N5O4/c36-29-26(39-17-20-7-2-1-3-8-20)25-30(37)33(23-18-38-19-23)15-16-35(25)28(32-29)24(21-9-4-5-10-21)34-14-12-22-11-6-13-31-27(22)34/h1-3,6-8,11-14,21,23-24H,4-5,9-10,15-19H2. The molecule has 7 rings (SSSR count). The van der Waals surface area contributed by atoms with E-state index < -0.39 is 5.56 Å². The van der Waals surface area contributed by atoms with Gasteiger partial charge in [-0.15, -0.1) is 0 Å². The van der Waals surface area contributed by atoms with Crippen molar-refractivity contribution in [1.82, 2.24) is 24.0 Å². The molecule has 3 aliphatic rings. The molecule has 2 fully saturated rings. The van der Waals surface area contributed by atoms with Gasteiger partial charge >= 0.3 is 5.56 Å². The summed E-state index contributed by atoms with van der Waals surface area (Å²) >= 11 is 0. The lowest BCUT2D eigenvalue weighted by atomic mass is 9.96. The predicted octanol–water partition coefficient (Wildman–Crippen LogP) is 3.81. The Labute approximate surface area is 226 Å². The highest BCUT2D eigenvalue weighted by Crippen LogP contribution is 2.40. The second-order valence-corrected chi connectivity index (χ2v) is 10.7. The van der Waals surface area contributed by atoms with Crippen molar-refractivity contribution in [1.29, 1.82) is 0 Å². The van der Waals surface area contributed by atoms with E-state index >= 15 is 0 Å². The van der Waals surface area contributed by atoms with Crippen LogP contribution in [0.25, 0.3) is 11.0 Å². The third-order valence-corrected chi connectivity index (χ3v) is 8.37. The van der Waals surface area contributed by atoms with E-state index in [-0.39, 0.29) is 36.3 Å². The van der Waals surface area contributed by atoms with E-state index in [0.717, 1.165) is 42.3 Å². The van der Waals surface area contributed by atoms with Crippen molar-refractivity contribution in [2.75, 3.05) is 19.8 Å². The summed E-state index contributed by atoms with van der Waals surface area (Å²) in [6, 6.07) is 15.5. The van der Waals surface area contributed by atoms with Crippen LogP contribution in [-0.2, 0) is 17.9 Å². The number of carbonyl (C=O) groups is 1. The first-order valence-electron chi connectivity index (χ1n) is 13.8. The molecule has 1 unspecified atom stereocenters. The van der Waals surface area contributed by atoms with Gasteiger partial charge in [-0.05, 0) is 42.5 Å². The fourth-order valence-electron chi connectivity index (χ4n) is 6.32. The molecule has 9 nitrogen and oxygen atoms in total. The lowest BCUT2D eigenvalue weighted by Gasteiger charge is -2.41. The van der Waals surface area contributed by atoms with Crippen LogP contribution in [0.1, 0.15) is 53.6 Å². The maximum absolute atomic E-state index is 14.0. The fraction of sp³-hybridized carbons (Fsp3) is 0.400. The first-order valence-corrected chi connectivity index (χ1v) is 13.8. The number of benzene rings is 1. The minimum atomic E-state index is -0.500. The Morgan fingerprint density at radius 1 is 1.00 bits per heavy atom. The molecule has 1 saturated heterocycles. The van der Waals surface area contributed by atoms with E-state index in [1.165, 1.54) is 0 Å². The van der Waals surface area contributed by atoms with E-state index in [1.807, 2.05) is 58.1 Å². The van der Waals surface area contributed by atoms with E-state index in [1.54, 1.807) is 6.20 Å². The Morgan fingerprint density at radius 2 is 1.82 bits per heavy atom. The molecular weight excluding hydrogens is 494 g/mol. The monoisotopic (exact) mass is 525 g/mol. The molecule has 0 spiro atoms. The molecule has 200 valence electrons. The maximum atomic E-state index is 14.0. The molecule has 1 aliphatic carbocycles. The summed E-state index contributed by atoms with van der Waals surface area (Å²) in [7, 11) is 0. The summed E-state index contributed by atoms with van der Waals surface area (Å²) in [5.74, 6) is 0.738. The van der Waals surface area contributed by atoms with E-state index in [9.17, 15) is 9.59 Å². The number of aromatic nitrogens is 4. The van der Waals surface area contributed by atoms with Crippen LogP contribution >= 0.6 is 0 Å². The second kappa shape index (κ2) is 9.96. The molecule has 1 atom stereocenters. The van der Waals surface area contributed by atoms with Gasteiger partial charge in [0.2, 0.25) is 5.75 Å². The largest absolute Gasteiger partial charge is 0.481 e. The zero-order valence-corrected chi connectivity index (χ0v) is 21.7. The van der Waals surface area contributed by atoms with Crippen molar-refractivity contribution >= 4 is 16.9 Å². The van der Waals surface area contributed by atoms with Gasteiger partial charge < -0.3 is 23.5 Å². The zero-order chi connectivity index (χ0) is 26.3. The van der Waals surface area contributed by atoms with Gasteiger partial charge in [-0.1, -0.05) is 43.2 Å². The van der Waals surface area contributed by atoms with E-state index in [0.29, 0.717) is 37.8 Å². The van der Waals surface area contributed by atoms with E-state index in [2.05, 4.69) is 20.6 Å². The van der Waals surface area contributed by atoms with Crippen LogP contribution in [0.3, 0.4) is 0 Å². The molecule has 0 bridgehead atoms. The van der Waals surface area contributed by atoms with Crippen LogP contribution in [0.2, 0.25) is 0 Å². The minimum Gasteiger partial charge on any atom is -0.481 e. The average Bonchev–Trinajstić information content (AvgIpc) is 3.61. The molecule has 9 heteroatoms. The zero-order valence-electron chi connectivity index (χ0n) is 21.7. The molecular formula is C30H31N5O4. The molecule has 0 N–H and O–H groups in total. The Kier molecular flexibility index (Phi) is 6.15. The predicted molar refractivity (Wildman–Crippen MR) is 145 cm³/mol. The summed E-state index contributed by atoms with van der Waals surface area (Å²) in [5.41, 5.74) is 1.57. The highest BCUT2D eigenvalue weighted by molar-refractivity contribution is 5.96. The minimum absolute atomic E-state index is 0.0168. The van der Waals surface area contributed by atoms with Gasteiger partial charge in [0.25, 0.3) is 5.91 Å². The molecule has 5 heterocycles. The summed E-state index contributed by atoms with van der Waals surface area (Å²) in [4.78, 5) is 38.9. The molecule has 2 aliphatic heterocycles. The van der Waals surface area contributed by atoms with Crippen LogP contribution in [0.15, 0.2) is 65.7 Å². The van der Waals surface area contributed by atoms with Gasteiger partial charge in [-0.2, -0.15) is 4.98 Å². The van der Waals surface area contributed by atoms with Crippen LogP contribution in [0, 0.1) is 5.92 Å². The highest BCUT2D eigenvalue weighted by Gasteiger charge is 2.40. The van der Waals surface area contributed by atoms with E-state index in [4.69, 9.17) is 9.47 Å². The summed E-state index contributed by atoms with van der Waals surface area (Å²) in [5, 5.41) is 1.04. The number of pyridine rings is 1. The number of hydrogen-bond acceptors (Lipinski definition) is 6. The van der Waals surface area contributed by atoms with Crippen LogP contribution in [-0.4, -0.2) is 55.7 Å². The number of nitrogens with zero attached hydrogens (tertiary/aromatic N) is 5. The van der Waals surface area contributed by atoms with Crippen molar-refractivity contribution in [2.24, 2.45) is 5.92 Å². The Bertz CT molecular complexity index is 1570. The molecule has 0 radical (unpaired) electrons. The quantitative estimate of drug-likeness (QED) is 0.365. The third-order valence-electron chi connectivity index (χ3n) is 8.37. The number of fused-ring (bicyclic) bond motifs is 2.